The van der Waals surface area contributed by atoms with Crippen LogP contribution in [0.1, 0.15) is 21.5 Å². The fraction of sp³-hybridized carbons (Fsp3) is 0.111. The average molecular weight is 347 g/mol. The first-order chi connectivity index (χ1) is 10.1. The standard InChI is InChI=1S/C18H13BrF2/c1-11-9-10-14(13-6-3-2-5-12(11)13)18(19)17-15(20)7-4-8-16(17)21/h2-10,18H,1H3. The Kier molecular flexibility index (Phi) is 3.77. The van der Waals surface area contributed by atoms with Gasteiger partial charge in [0.05, 0.1) is 4.83 Å². The lowest BCUT2D eigenvalue weighted by Crippen LogP contribution is -2.01. The Morgan fingerprint density at radius 3 is 2.10 bits per heavy atom. The van der Waals surface area contributed by atoms with Gasteiger partial charge in [0.25, 0.3) is 0 Å². The molecule has 0 heterocycles. The second-order valence-electron chi connectivity index (χ2n) is 5.02. The molecular weight excluding hydrogens is 334 g/mol. The average Bonchev–Trinajstić information content (AvgIpc) is 2.47. The van der Waals surface area contributed by atoms with E-state index in [-0.39, 0.29) is 5.56 Å². The molecule has 106 valence electrons. The third kappa shape index (κ3) is 2.46. The number of halogens is 3. The van der Waals surface area contributed by atoms with Crippen LogP contribution in [0.15, 0.2) is 54.6 Å². The first-order valence-electron chi connectivity index (χ1n) is 6.66. The monoisotopic (exact) mass is 346 g/mol. The highest BCUT2D eigenvalue weighted by Crippen LogP contribution is 2.38. The Labute approximate surface area is 130 Å². The maximum Gasteiger partial charge on any atom is 0.130 e. The zero-order valence-corrected chi connectivity index (χ0v) is 13.0. The molecule has 0 radical (unpaired) electrons. The predicted octanol–water partition coefficient (Wildman–Crippen LogP) is 5.91. The SMILES string of the molecule is Cc1ccc(C(Br)c2c(F)cccc2F)c2ccccc12. The molecule has 21 heavy (non-hydrogen) atoms. The molecule has 0 aliphatic carbocycles. The Morgan fingerprint density at radius 1 is 0.810 bits per heavy atom. The van der Waals surface area contributed by atoms with E-state index in [1.807, 2.05) is 43.3 Å². The fourth-order valence-corrected chi connectivity index (χ4v) is 3.44. The summed E-state index contributed by atoms with van der Waals surface area (Å²) in [5.41, 5.74) is 2.05. The highest BCUT2D eigenvalue weighted by Gasteiger charge is 2.21. The Balaban J connectivity index is 2.23. The summed E-state index contributed by atoms with van der Waals surface area (Å²) in [7, 11) is 0. The highest BCUT2D eigenvalue weighted by molar-refractivity contribution is 9.09. The van der Waals surface area contributed by atoms with Crippen molar-refractivity contribution in [2.24, 2.45) is 0 Å². The van der Waals surface area contributed by atoms with Crippen LogP contribution in [0, 0.1) is 18.6 Å². The van der Waals surface area contributed by atoms with E-state index in [9.17, 15) is 8.78 Å². The number of benzene rings is 3. The normalized spacial score (nSPS) is 12.6. The van der Waals surface area contributed by atoms with Crippen molar-refractivity contribution in [3.63, 3.8) is 0 Å². The second-order valence-corrected chi connectivity index (χ2v) is 5.93. The summed E-state index contributed by atoms with van der Waals surface area (Å²) in [6, 6.07) is 15.7. The molecule has 1 unspecified atom stereocenters. The van der Waals surface area contributed by atoms with Crippen molar-refractivity contribution in [3.05, 3.63) is 82.9 Å². The molecule has 0 spiro atoms. The topological polar surface area (TPSA) is 0 Å². The Hall–Kier alpha value is -1.74. The smallest absolute Gasteiger partial charge is 0.130 e. The van der Waals surface area contributed by atoms with Crippen LogP contribution in [-0.2, 0) is 0 Å². The minimum absolute atomic E-state index is 0.0477. The molecule has 0 saturated heterocycles. The Bertz CT molecular complexity index is 791. The van der Waals surface area contributed by atoms with E-state index >= 15 is 0 Å². The van der Waals surface area contributed by atoms with Crippen LogP contribution >= 0.6 is 15.9 Å². The van der Waals surface area contributed by atoms with Crippen LogP contribution in [0.25, 0.3) is 10.8 Å². The van der Waals surface area contributed by atoms with Crippen LogP contribution < -0.4 is 0 Å². The molecule has 3 aromatic carbocycles. The molecule has 3 heteroatoms. The summed E-state index contributed by atoms with van der Waals surface area (Å²) in [5, 5.41) is 2.10. The van der Waals surface area contributed by atoms with Crippen molar-refractivity contribution >= 4 is 26.7 Å². The molecule has 1 atom stereocenters. The first kappa shape index (κ1) is 14.2. The van der Waals surface area contributed by atoms with Crippen molar-refractivity contribution in [1.82, 2.24) is 0 Å². The van der Waals surface area contributed by atoms with Crippen molar-refractivity contribution in [2.75, 3.05) is 0 Å². The molecule has 0 aliphatic rings. The third-order valence-corrected chi connectivity index (χ3v) is 4.65. The van der Waals surface area contributed by atoms with Crippen LogP contribution in [0.2, 0.25) is 0 Å². The number of rotatable bonds is 2. The van der Waals surface area contributed by atoms with Gasteiger partial charge in [-0.1, -0.05) is 58.4 Å². The van der Waals surface area contributed by atoms with Gasteiger partial charge in [-0.2, -0.15) is 0 Å². The van der Waals surface area contributed by atoms with Crippen molar-refractivity contribution < 1.29 is 8.78 Å². The van der Waals surface area contributed by atoms with Gasteiger partial charge in [-0.15, -0.1) is 0 Å². The van der Waals surface area contributed by atoms with Gasteiger partial charge < -0.3 is 0 Å². The summed E-state index contributed by atoms with van der Waals surface area (Å²) < 4.78 is 28.0. The third-order valence-electron chi connectivity index (χ3n) is 3.70. The van der Waals surface area contributed by atoms with E-state index in [4.69, 9.17) is 0 Å². The summed E-state index contributed by atoms with van der Waals surface area (Å²) >= 11 is 3.46. The largest absolute Gasteiger partial charge is 0.207 e. The van der Waals surface area contributed by atoms with E-state index in [1.165, 1.54) is 18.2 Å². The summed E-state index contributed by atoms with van der Waals surface area (Å²) in [6.45, 7) is 2.03. The summed E-state index contributed by atoms with van der Waals surface area (Å²) in [4.78, 5) is -0.524. The van der Waals surface area contributed by atoms with Gasteiger partial charge in [0, 0.05) is 5.56 Å². The van der Waals surface area contributed by atoms with Gasteiger partial charge in [-0.25, -0.2) is 8.78 Å². The zero-order valence-electron chi connectivity index (χ0n) is 11.4. The van der Waals surface area contributed by atoms with Gasteiger partial charge >= 0.3 is 0 Å². The van der Waals surface area contributed by atoms with Crippen molar-refractivity contribution in [1.29, 1.82) is 0 Å². The van der Waals surface area contributed by atoms with E-state index in [2.05, 4.69) is 15.9 Å². The van der Waals surface area contributed by atoms with Gasteiger partial charge in [0.2, 0.25) is 0 Å². The number of hydrogen-bond acceptors (Lipinski definition) is 0. The second kappa shape index (κ2) is 5.57. The van der Waals surface area contributed by atoms with Crippen molar-refractivity contribution in [3.8, 4) is 0 Å². The maximum atomic E-state index is 14.0. The fourth-order valence-electron chi connectivity index (χ4n) is 2.60. The molecule has 0 N–H and O–H groups in total. The predicted molar refractivity (Wildman–Crippen MR) is 85.8 cm³/mol. The molecule has 0 saturated carbocycles. The minimum Gasteiger partial charge on any atom is -0.207 e. The van der Waals surface area contributed by atoms with Gasteiger partial charge in [-0.05, 0) is 41.0 Å². The summed E-state index contributed by atoms with van der Waals surface area (Å²) in [6.07, 6.45) is 0. The first-order valence-corrected chi connectivity index (χ1v) is 7.57. The molecular formula is C18H13BrF2. The molecule has 0 amide bonds. The van der Waals surface area contributed by atoms with Crippen molar-refractivity contribution in [2.45, 2.75) is 11.8 Å². The van der Waals surface area contributed by atoms with E-state index in [0.29, 0.717) is 0 Å². The maximum absolute atomic E-state index is 14.0. The Morgan fingerprint density at radius 2 is 1.43 bits per heavy atom. The lowest BCUT2D eigenvalue weighted by Gasteiger charge is -2.16. The number of hydrogen-bond donors (Lipinski definition) is 0. The molecule has 0 fully saturated rings. The number of aryl methyl sites for hydroxylation is 1. The van der Waals surface area contributed by atoms with Gasteiger partial charge in [0.15, 0.2) is 0 Å². The lowest BCUT2D eigenvalue weighted by molar-refractivity contribution is 0.561. The lowest BCUT2D eigenvalue weighted by atomic mass is 9.95. The zero-order chi connectivity index (χ0) is 15.0. The van der Waals surface area contributed by atoms with Crippen LogP contribution in [-0.4, -0.2) is 0 Å². The molecule has 3 aromatic rings. The van der Waals surface area contributed by atoms with Crippen LogP contribution in [0.4, 0.5) is 8.78 Å². The van der Waals surface area contributed by atoms with Gasteiger partial charge in [0.1, 0.15) is 11.6 Å². The van der Waals surface area contributed by atoms with E-state index in [1.54, 1.807) is 0 Å². The molecule has 0 aliphatic heterocycles. The number of fused-ring (bicyclic) bond motifs is 1. The van der Waals surface area contributed by atoms with Crippen LogP contribution in [0.3, 0.4) is 0 Å². The van der Waals surface area contributed by atoms with Gasteiger partial charge in [-0.3, -0.25) is 0 Å². The molecule has 0 nitrogen and oxygen atoms in total. The highest BCUT2D eigenvalue weighted by atomic mass is 79.9. The van der Waals surface area contributed by atoms with E-state index in [0.717, 1.165) is 21.9 Å². The quantitative estimate of drug-likeness (QED) is 0.506. The van der Waals surface area contributed by atoms with E-state index < -0.39 is 16.5 Å². The minimum atomic E-state index is -0.540. The molecule has 0 bridgehead atoms. The number of alkyl halides is 1. The summed E-state index contributed by atoms with van der Waals surface area (Å²) in [5.74, 6) is -1.08. The molecule has 3 rings (SSSR count). The molecule has 0 aromatic heterocycles. The van der Waals surface area contributed by atoms with Crippen LogP contribution in [0.5, 0.6) is 0 Å².